The number of cyclic esters (lactones) is 1. The normalized spacial score (nSPS) is 23.4. The van der Waals surface area contributed by atoms with E-state index in [1.807, 2.05) is 0 Å². The Balaban J connectivity index is 1.52. The Labute approximate surface area is 120 Å². The van der Waals surface area contributed by atoms with Gasteiger partial charge in [0.1, 0.15) is 6.61 Å². The molecule has 0 bridgehead atoms. The molecule has 4 heteroatoms. The summed E-state index contributed by atoms with van der Waals surface area (Å²) in [5.74, 6) is 0.640. The number of aryl methyl sites for hydroxylation is 1. The minimum absolute atomic E-state index is 0.153. The van der Waals surface area contributed by atoms with Crippen LogP contribution < -0.4 is 0 Å². The average Bonchev–Trinajstić information content (AvgIpc) is 3.06. The van der Waals surface area contributed by atoms with E-state index in [4.69, 9.17) is 4.74 Å². The lowest BCUT2D eigenvalue weighted by atomic mass is 9.94. The van der Waals surface area contributed by atoms with Gasteiger partial charge in [0.2, 0.25) is 0 Å². The Morgan fingerprint density at radius 2 is 2.10 bits per heavy atom. The predicted octanol–water partition coefficient (Wildman–Crippen LogP) is 2.24. The van der Waals surface area contributed by atoms with Crippen molar-refractivity contribution in [3.63, 3.8) is 0 Å². The van der Waals surface area contributed by atoms with Crippen LogP contribution in [0.5, 0.6) is 0 Å². The summed E-state index contributed by atoms with van der Waals surface area (Å²) in [5, 5.41) is 0. The monoisotopic (exact) mass is 274 g/mol. The summed E-state index contributed by atoms with van der Waals surface area (Å²) in [6, 6.07) is 8.68. The molecule has 0 spiro atoms. The molecule has 0 aliphatic carbocycles. The van der Waals surface area contributed by atoms with E-state index in [0.717, 1.165) is 32.7 Å². The van der Waals surface area contributed by atoms with Crippen molar-refractivity contribution in [1.29, 1.82) is 0 Å². The summed E-state index contributed by atoms with van der Waals surface area (Å²) < 4.78 is 4.96. The Hall–Kier alpha value is -1.55. The molecule has 0 N–H and O–H groups in total. The molecule has 2 aliphatic rings. The molecular weight excluding hydrogens is 252 g/mol. The SMILES string of the molecule is Cc1ccccc1[C@@H]1CCN(CCN2CCOC2=O)C1. The van der Waals surface area contributed by atoms with Crippen molar-refractivity contribution in [2.75, 3.05) is 39.3 Å². The van der Waals surface area contributed by atoms with Gasteiger partial charge in [-0.1, -0.05) is 24.3 Å². The minimum atomic E-state index is -0.153. The van der Waals surface area contributed by atoms with E-state index in [0.29, 0.717) is 12.5 Å². The predicted molar refractivity (Wildman–Crippen MR) is 77.9 cm³/mol. The molecule has 1 aromatic rings. The maximum atomic E-state index is 11.4. The van der Waals surface area contributed by atoms with Gasteiger partial charge in [-0.2, -0.15) is 0 Å². The maximum Gasteiger partial charge on any atom is 0.409 e. The zero-order chi connectivity index (χ0) is 13.9. The van der Waals surface area contributed by atoms with Gasteiger partial charge in [0.05, 0.1) is 6.54 Å². The maximum absolute atomic E-state index is 11.4. The van der Waals surface area contributed by atoms with Crippen LogP contribution in [0.25, 0.3) is 0 Å². The van der Waals surface area contributed by atoms with Crippen LogP contribution in [0, 0.1) is 6.92 Å². The van der Waals surface area contributed by atoms with E-state index in [2.05, 4.69) is 36.1 Å². The highest BCUT2D eigenvalue weighted by Crippen LogP contribution is 2.29. The third kappa shape index (κ3) is 2.80. The molecule has 1 atom stereocenters. The van der Waals surface area contributed by atoms with Crippen molar-refractivity contribution < 1.29 is 9.53 Å². The summed E-state index contributed by atoms with van der Waals surface area (Å²) in [5.41, 5.74) is 2.87. The minimum Gasteiger partial charge on any atom is -0.448 e. The number of ether oxygens (including phenoxy) is 1. The van der Waals surface area contributed by atoms with Crippen molar-refractivity contribution in [3.05, 3.63) is 35.4 Å². The number of likely N-dealkylation sites (tertiary alicyclic amines) is 1. The van der Waals surface area contributed by atoms with Gasteiger partial charge in [0.15, 0.2) is 0 Å². The van der Waals surface area contributed by atoms with Gasteiger partial charge in [-0.25, -0.2) is 4.79 Å². The van der Waals surface area contributed by atoms with E-state index in [1.54, 1.807) is 4.90 Å². The number of benzene rings is 1. The first-order valence-corrected chi connectivity index (χ1v) is 7.43. The van der Waals surface area contributed by atoms with Crippen molar-refractivity contribution in [2.24, 2.45) is 0 Å². The number of hydrogen-bond donors (Lipinski definition) is 0. The van der Waals surface area contributed by atoms with E-state index in [-0.39, 0.29) is 6.09 Å². The van der Waals surface area contributed by atoms with Crippen LogP contribution in [-0.2, 0) is 4.74 Å². The number of carbonyl (C=O) groups excluding carboxylic acids is 1. The van der Waals surface area contributed by atoms with Crippen molar-refractivity contribution in [2.45, 2.75) is 19.3 Å². The number of nitrogens with zero attached hydrogens (tertiary/aromatic N) is 2. The van der Waals surface area contributed by atoms with Gasteiger partial charge in [-0.05, 0) is 36.9 Å². The van der Waals surface area contributed by atoms with Crippen molar-refractivity contribution in [3.8, 4) is 0 Å². The zero-order valence-electron chi connectivity index (χ0n) is 12.0. The molecule has 0 aromatic heterocycles. The zero-order valence-corrected chi connectivity index (χ0v) is 12.0. The van der Waals surface area contributed by atoms with Gasteiger partial charge in [0.25, 0.3) is 0 Å². The first-order valence-electron chi connectivity index (χ1n) is 7.43. The summed E-state index contributed by atoms with van der Waals surface area (Å²) in [6.07, 6.45) is 1.06. The Morgan fingerprint density at radius 1 is 1.25 bits per heavy atom. The van der Waals surface area contributed by atoms with Crippen LogP contribution in [0.2, 0.25) is 0 Å². The van der Waals surface area contributed by atoms with Crippen LogP contribution in [0.1, 0.15) is 23.5 Å². The van der Waals surface area contributed by atoms with Crippen LogP contribution in [0.15, 0.2) is 24.3 Å². The molecule has 2 saturated heterocycles. The van der Waals surface area contributed by atoms with Crippen LogP contribution >= 0.6 is 0 Å². The lowest BCUT2D eigenvalue weighted by Crippen LogP contribution is -2.34. The molecule has 0 saturated carbocycles. The quantitative estimate of drug-likeness (QED) is 0.844. The molecule has 0 unspecified atom stereocenters. The van der Waals surface area contributed by atoms with Gasteiger partial charge >= 0.3 is 6.09 Å². The Morgan fingerprint density at radius 3 is 2.85 bits per heavy atom. The standard InChI is InChI=1S/C16H22N2O2/c1-13-4-2-3-5-15(13)14-6-7-17(12-14)8-9-18-10-11-20-16(18)19/h2-5,14H,6-12H2,1H3/t14-/m1/s1. The Kier molecular flexibility index (Phi) is 3.92. The summed E-state index contributed by atoms with van der Waals surface area (Å²) in [4.78, 5) is 15.7. The molecule has 0 radical (unpaired) electrons. The fourth-order valence-electron chi connectivity index (χ4n) is 3.23. The highest BCUT2D eigenvalue weighted by Gasteiger charge is 2.27. The van der Waals surface area contributed by atoms with E-state index in [1.165, 1.54) is 17.5 Å². The molecule has 1 aromatic carbocycles. The lowest BCUT2D eigenvalue weighted by molar-refractivity contribution is 0.155. The third-order valence-corrected chi connectivity index (χ3v) is 4.43. The van der Waals surface area contributed by atoms with Gasteiger partial charge in [-0.3, -0.25) is 0 Å². The fraction of sp³-hybridized carbons (Fsp3) is 0.562. The second-order valence-electron chi connectivity index (χ2n) is 5.74. The van der Waals surface area contributed by atoms with Gasteiger partial charge in [0, 0.05) is 19.6 Å². The summed E-state index contributed by atoms with van der Waals surface area (Å²) in [6.45, 7) is 7.46. The molecule has 4 nitrogen and oxygen atoms in total. The van der Waals surface area contributed by atoms with E-state index in [9.17, 15) is 4.79 Å². The summed E-state index contributed by atoms with van der Waals surface area (Å²) in [7, 11) is 0. The smallest absolute Gasteiger partial charge is 0.409 e. The molecule has 2 fully saturated rings. The van der Waals surface area contributed by atoms with Gasteiger partial charge < -0.3 is 14.5 Å². The first kappa shape index (κ1) is 13.4. The molecule has 3 rings (SSSR count). The molecular formula is C16H22N2O2. The fourth-order valence-corrected chi connectivity index (χ4v) is 3.23. The molecule has 1 amide bonds. The Bertz CT molecular complexity index is 489. The van der Waals surface area contributed by atoms with E-state index < -0.39 is 0 Å². The van der Waals surface area contributed by atoms with E-state index >= 15 is 0 Å². The van der Waals surface area contributed by atoms with Gasteiger partial charge in [-0.15, -0.1) is 0 Å². The number of rotatable bonds is 4. The molecule has 2 aliphatic heterocycles. The third-order valence-electron chi connectivity index (χ3n) is 4.43. The number of carbonyl (C=O) groups is 1. The van der Waals surface area contributed by atoms with Crippen LogP contribution in [0.3, 0.4) is 0 Å². The average molecular weight is 274 g/mol. The molecule has 20 heavy (non-hydrogen) atoms. The second kappa shape index (κ2) is 5.83. The lowest BCUT2D eigenvalue weighted by Gasteiger charge is -2.20. The van der Waals surface area contributed by atoms with Crippen LogP contribution in [-0.4, -0.2) is 55.2 Å². The number of hydrogen-bond acceptors (Lipinski definition) is 3. The topological polar surface area (TPSA) is 32.8 Å². The second-order valence-corrected chi connectivity index (χ2v) is 5.74. The largest absolute Gasteiger partial charge is 0.448 e. The highest BCUT2D eigenvalue weighted by molar-refractivity contribution is 5.69. The summed E-state index contributed by atoms with van der Waals surface area (Å²) >= 11 is 0. The van der Waals surface area contributed by atoms with Crippen LogP contribution in [0.4, 0.5) is 4.79 Å². The first-order chi connectivity index (χ1) is 9.74. The number of amides is 1. The highest BCUT2D eigenvalue weighted by atomic mass is 16.6. The molecule has 108 valence electrons. The van der Waals surface area contributed by atoms with Crippen molar-refractivity contribution in [1.82, 2.24) is 9.80 Å². The molecule has 2 heterocycles. The van der Waals surface area contributed by atoms with Crippen molar-refractivity contribution >= 4 is 6.09 Å².